The van der Waals surface area contributed by atoms with Crippen molar-refractivity contribution in [3.63, 3.8) is 0 Å². The molecule has 0 radical (unpaired) electrons. The molecule has 0 aromatic rings. The van der Waals surface area contributed by atoms with Gasteiger partial charge >= 0.3 is 0 Å². The molecule has 0 amide bonds. The van der Waals surface area contributed by atoms with Crippen LogP contribution < -0.4 is 4.72 Å². The molecule has 0 bridgehead atoms. The molecule has 6 nitrogen and oxygen atoms in total. The van der Waals surface area contributed by atoms with Crippen LogP contribution in [0.2, 0.25) is 0 Å². The van der Waals surface area contributed by atoms with Crippen molar-refractivity contribution in [2.24, 2.45) is 0 Å². The molecule has 2 fully saturated rings. The van der Waals surface area contributed by atoms with Gasteiger partial charge in [0.15, 0.2) is 0 Å². The fraction of sp³-hybridized carbons (Fsp3) is 1.00. The number of hydrogen-bond donors (Lipinski definition) is 1. The number of rotatable bonds is 5. The van der Waals surface area contributed by atoms with Gasteiger partial charge in [-0.1, -0.05) is 6.42 Å². The maximum atomic E-state index is 12.1. The molecule has 0 aromatic carbocycles. The smallest absolute Gasteiger partial charge is 0.279 e. The van der Waals surface area contributed by atoms with E-state index in [0.29, 0.717) is 19.6 Å². The van der Waals surface area contributed by atoms with Crippen molar-refractivity contribution in [2.45, 2.75) is 32.2 Å². The summed E-state index contributed by atoms with van der Waals surface area (Å²) in [5.74, 6) is 0. The van der Waals surface area contributed by atoms with Crippen molar-refractivity contribution in [3.05, 3.63) is 0 Å². The van der Waals surface area contributed by atoms with Crippen molar-refractivity contribution < 1.29 is 13.2 Å². The lowest BCUT2D eigenvalue weighted by atomic mass is 10.2. The van der Waals surface area contributed by atoms with Crippen molar-refractivity contribution in [1.82, 2.24) is 13.9 Å². The third kappa shape index (κ3) is 4.39. The lowest BCUT2D eigenvalue weighted by molar-refractivity contribution is 0.0213. The van der Waals surface area contributed by atoms with E-state index in [-0.39, 0.29) is 6.04 Å². The lowest BCUT2D eigenvalue weighted by Gasteiger charge is -2.33. The molecule has 0 aromatic heterocycles. The molecule has 0 spiro atoms. The number of hydrogen-bond acceptors (Lipinski definition) is 4. The minimum Gasteiger partial charge on any atom is -0.379 e. The molecule has 0 saturated carbocycles. The summed E-state index contributed by atoms with van der Waals surface area (Å²) in [6.07, 6.45) is 3.08. The lowest BCUT2D eigenvalue weighted by Crippen LogP contribution is -2.50. The van der Waals surface area contributed by atoms with Gasteiger partial charge in [0.25, 0.3) is 10.2 Å². The highest BCUT2D eigenvalue weighted by molar-refractivity contribution is 7.87. The fourth-order valence-corrected chi connectivity index (χ4v) is 3.94. The largest absolute Gasteiger partial charge is 0.379 e. The van der Waals surface area contributed by atoms with Gasteiger partial charge in [-0.3, -0.25) is 4.90 Å². The van der Waals surface area contributed by atoms with E-state index in [1.165, 1.54) is 0 Å². The van der Waals surface area contributed by atoms with Crippen molar-refractivity contribution in [1.29, 1.82) is 0 Å². The SMILES string of the molecule is CC(CNS(=O)(=O)N1CCCCC1)N1CCOCC1. The summed E-state index contributed by atoms with van der Waals surface area (Å²) in [6, 6.07) is 0.212. The third-order valence-corrected chi connectivity index (χ3v) is 5.46. The molecule has 112 valence electrons. The normalized spacial score (nSPS) is 25.3. The highest BCUT2D eigenvalue weighted by Crippen LogP contribution is 2.12. The molecule has 2 rings (SSSR count). The molecule has 1 unspecified atom stereocenters. The summed E-state index contributed by atoms with van der Waals surface area (Å²) in [4.78, 5) is 2.27. The predicted molar refractivity (Wildman–Crippen MR) is 74.2 cm³/mol. The summed E-state index contributed by atoms with van der Waals surface area (Å²) in [5, 5.41) is 0. The molecule has 2 heterocycles. The summed E-state index contributed by atoms with van der Waals surface area (Å²) < 4.78 is 33.9. The molecule has 2 saturated heterocycles. The quantitative estimate of drug-likeness (QED) is 0.776. The van der Waals surface area contributed by atoms with Crippen molar-refractivity contribution in [2.75, 3.05) is 45.9 Å². The molecule has 2 aliphatic rings. The Morgan fingerprint density at radius 2 is 1.74 bits per heavy atom. The van der Waals surface area contributed by atoms with E-state index in [9.17, 15) is 8.42 Å². The summed E-state index contributed by atoms with van der Waals surface area (Å²) >= 11 is 0. The minimum atomic E-state index is -3.29. The van der Waals surface area contributed by atoms with Crippen LogP contribution in [0.3, 0.4) is 0 Å². The maximum absolute atomic E-state index is 12.1. The molecule has 19 heavy (non-hydrogen) atoms. The molecule has 2 aliphatic heterocycles. The van der Waals surface area contributed by atoms with Gasteiger partial charge in [-0.05, 0) is 19.8 Å². The van der Waals surface area contributed by atoms with E-state index >= 15 is 0 Å². The molecule has 7 heteroatoms. The summed E-state index contributed by atoms with van der Waals surface area (Å²) in [5.41, 5.74) is 0. The topological polar surface area (TPSA) is 61.9 Å². The van der Waals surface area contributed by atoms with Gasteiger partial charge in [0.05, 0.1) is 13.2 Å². The maximum Gasteiger partial charge on any atom is 0.279 e. The second-order valence-corrected chi connectivity index (χ2v) is 7.07. The second kappa shape index (κ2) is 6.99. The summed E-state index contributed by atoms with van der Waals surface area (Å²) in [7, 11) is -3.29. The first kappa shape index (κ1) is 15.2. The first-order valence-electron chi connectivity index (χ1n) is 7.16. The number of nitrogens with one attached hydrogen (secondary N) is 1. The zero-order valence-electron chi connectivity index (χ0n) is 11.7. The Morgan fingerprint density at radius 3 is 2.37 bits per heavy atom. The fourth-order valence-electron chi connectivity index (χ4n) is 2.57. The van der Waals surface area contributed by atoms with Crippen LogP contribution in [0.4, 0.5) is 0 Å². The van der Waals surface area contributed by atoms with Gasteiger partial charge < -0.3 is 4.74 Å². The molecular weight excluding hydrogens is 266 g/mol. The standard InChI is InChI=1S/C12H25N3O3S/c1-12(14-7-9-18-10-8-14)11-13-19(16,17)15-5-3-2-4-6-15/h12-13H,2-11H2,1H3. The second-order valence-electron chi connectivity index (χ2n) is 5.31. The Hall–Kier alpha value is -0.210. The minimum absolute atomic E-state index is 0.212. The van der Waals surface area contributed by atoms with Gasteiger partial charge in [0.1, 0.15) is 0 Å². The van der Waals surface area contributed by atoms with Gasteiger partial charge in [-0.15, -0.1) is 0 Å². The van der Waals surface area contributed by atoms with Crippen LogP contribution in [0.25, 0.3) is 0 Å². The Bertz CT molecular complexity index is 362. The number of piperidine rings is 1. The number of ether oxygens (including phenoxy) is 1. The van der Waals surface area contributed by atoms with E-state index in [0.717, 1.165) is 45.6 Å². The Balaban J connectivity index is 1.79. The molecular formula is C12H25N3O3S. The van der Waals surface area contributed by atoms with Crippen molar-refractivity contribution >= 4 is 10.2 Å². The van der Waals surface area contributed by atoms with E-state index in [1.54, 1.807) is 4.31 Å². The first-order valence-corrected chi connectivity index (χ1v) is 8.60. The van der Waals surface area contributed by atoms with Crippen LogP contribution >= 0.6 is 0 Å². The number of nitrogens with zero attached hydrogens (tertiary/aromatic N) is 2. The van der Waals surface area contributed by atoms with E-state index in [4.69, 9.17) is 4.74 Å². The van der Waals surface area contributed by atoms with Gasteiger partial charge in [-0.2, -0.15) is 12.7 Å². The Kier molecular flexibility index (Phi) is 5.58. The van der Waals surface area contributed by atoms with E-state index in [2.05, 4.69) is 16.5 Å². The van der Waals surface area contributed by atoms with E-state index < -0.39 is 10.2 Å². The average Bonchev–Trinajstić information content (AvgIpc) is 2.47. The van der Waals surface area contributed by atoms with Gasteiger partial charge in [0.2, 0.25) is 0 Å². The highest BCUT2D eigenvalue weighted by atomic mass is 32.2. The van der Waals surface area contributed by atoms with Crippen molar-refractivity contribution in [3.8, 4) is 0 Å². The van der Waals surface area contributed by atoms with Crippen LogP contribution in [0.1, 0.15) is 26.2 Å². The van der Waals surface area contributed by atoms with Crippen LogP contribution in [0, 0.1) is 0 Å². The van der Waals surface area contributed by atoms with E-state index in [1.807, 2.05) is 0 Å². The first-order chi connectivity index (χ1) is 9.09. The van der Waals surface area contributed by atoms with Gasteiger partial charge in [0, 0.05) is 38.8 Å². The Labute approximate surface area is 116 Å². The zero-order chi connectivity index (χ0) is 13.7. The molecule has 1 atom stereocenters. The Morgan fingerprint density at radius 1 is 1.11 bits per heavy atom. The molecule has 0 aliphatic carbocycles. The monoisotopic (exact) mass is 291 g/mol. The van der Waals surface area contributed by atoms with Crippen LogP contribution in [-0.4, -0.2) is 69.6 Å². The van der Waals surface area contributed by atoms with Crippen LogP contribution in [0.15, 0.2) is 0 Å². The third-order valence-electron chi connectivity index (χ3n) is 3.89. The van der Waals surface area contributed by atoms with Gasteiger partial charge in [-0.25, -0.2) is 4.72 Å². The predicted octanol–water partition coefficient (Wildman–Crippen LogP) is 0.0274. The summed E-state index contributed by atoms with van der Waals surface area (Å²) in [6.45, 7) is 7.08. The van der Waals surface area contributed by atoms with Crippen LogP contribution in [0.5, 0.6) is 0 Å². The average molecular weight is 291 g/mol. The van der Waals surface area contributed by atoms with Crippen LogP contribution in [-0.2, 0) is 14.9 Å². The number of morpholine rings is 1. The molecule has 1 N–H and O–H groups in total. The zero-order valence-corrected chi connectivity index (χ0v) is 12.5. The highest BCUT2D eigenvalue weighted by Gasteiger charge is 2.25.